The standard InChI is InChI=1S/C6H11NO3S/c1-4(8)7-5(3-11-2)6(9)10/h5H,3H2,1-2H3,(H,7,8)(H,9,10)/t5-/m0/s1/i3D,5D/hD/t3?,5-. The van der Waals surface area contributed by atoms with Crippen molar-refractivity contribution in [2.75, 3.05) is 12.0 Å². The van der Waals surface area contributed by atoms with Gasteiger partial charge in [-0.05, 0) is 6.26 Å². The summed E-state index contributed by atoms with van der Waals surface area (Å²) < 4.78 is 21.9. The van der Waals surface area contributed by atoms with Gasteiger partial charge in [-0.1, -0.05) is 0 Å². The summed E-state index contributed by atoms with van der Waals surface area (Å²) in [6.45, 7) is 0.978. The number of carboxylic acids is 1. The van der Waals surface area contributed by atoms with Gasteiger partial charge in [0.1, 0.15) is 6.02 Å². The zero-order valence-electron chi connectivity index (χ0n) is 9.20. The predicted molar refractivity (Wildman–Crippen MR) is 43.6 cm³/mol. The minimum atomic E-state index is -2.56. The van der Waals surface area contributed by atoms with Gasteiger partial charge in [-0.25, -0.2) is 4.79 Å². The van der Waals surface area contributed by atoms with Gasteiger partial charge < -0.3 is 10.4 Å². The zero-order valence-corrected chi connectivity index (χ0v) is 7.01. The Hall–Kier alpha value is -0.710. The molecular weight excluding hydrogens is 166 g/mol. The van der Waals surface area contributed by atoms with Crippen molar-refractivity contribution in [2.45, 2.75) is 12.9 Å². The highest BCUT2D eigenvalue weighted by Gasteiger charge is 2.16. The van der Waals surface area contributed by atoms with Crippen molar-refractivity contribution in [1.29, 1.82) is 0 Å². The first kappa shape index (κ1) is 5.88. The molecular formula is C6H11NO3S. The maximum Gasteiger partial charge on any atom is 0.327 e. The largest absolute Gasteiger partial charge is 0.480 e. The Morgan fingerprint density at radius 3 is 2.82 bits per heavy atom. The SMILES string of the molecule is [2H]C(SC)[C@@]([2H])(C(=O)O)N([2H])C(C)=O. The lowest BCUT2D eigenvalue weighted by molar-refractivity contribution is -0.140. The van der Waals surface area contributed by atoms with Crippen LogP contribution in [0.15, 0.2) is 0 Å². The van der Waals surface area contributed by atoms with Gasteiger partial charge in [-0.3, -0.25) is 4.79 Å². The fourth-order valence-electron chi connectivity index (χ4n) is 0.406. The van der Waals surface area contributed by atoms with Gasteiger partial charge in [0.15, 0.2) is 1.41 Å². The van der Waals surface area contributed by atoms with Gasteiger partial charge in [-0.2, -0.15) is 11.8 Å². The molecule has 0 rings (SSSR count). The first-order valence-electron chi connectivity index (χ1n) is 4.29. The van der Waals surface area contributed by atoms with Crippen LogP contribution in [0.4, 0.5) is 0 Å². The molecule has 11 heavy (non-hydrogen) atoms. The van der Waals surface area contributed by atoms with Gasteiger partial charge in [0.25, 0.3) is 0 Å². The number of carbonyl (C=O) groups is 2. The van der Waals surface area contributed by atoms with Crippen LogP contribution in [0.5, 0.6) is 0 Å². The summed E-state index contributed by atoms with van der Waals surface area (Å²) in [6.07, 6.45) is 1.44. The molecule has 0 saturated heterocycles. The normalized spacial score (nSPS) is 21.8. The first-order chi connectivity index (χ1) is 6.28. The van der Waals surface area contributed by atoms with E-state index in [0.29, 0.717) is 0 Å². The lowest BCUT2D eigenvalue weighted by Gasteiger charge is -2.10. The monoisotopic (exact) mass is 180 g/mol. The molecule has 0 bridgehead atoms. The molecule has 0 aromatic rings. The lowest BCUT2D eigenvalue weighted by atomic mass is 10.3. The fraction of sp³-hybridized carbons (Fsp3) is 0.667. The third-order valence-electron chi connectivity index (χ3n) is 0.726. The molecule has 1 amide bonds. The van der Waals surface area contributed by atoms with E-state index in [9.17, 15) is 9.59 Å². The zero-order chi connectivity index (χ0) is 11.5. The minimum Gasteiger partial charge on any atom is -0.480 e. The van der Waals surface area contributed by atoms with Crippen LogP contribution in [0.2, 0.25) is 1.41 Å². The van der Waals surface area contributed by atoms with Crippen LogP contribution in [-0.2, 0) is 9.59 Å². The van der Waals surface area contributed by atoms with E-state index in [4.69, 9.17) is 9.26 Å². The van der Waals surface area contributed by atoms with E-state index in [-0.39, 0.29) is 5.31 Å². The van der Waals surface area contributed by atoms with Gasteiger partial charge >= 0.3 is 5.97 Å². The second kappa shape index (κ2) is 5.01. The molecule has 2 atom stereocenters. The van der Waals surface area contributed by atoms with E-state index < -0.39 is 23.6 Å². The Kier molecular flexibility index (Phi) is 2.68. The molecule has 0 radical (unpaired) electrons. The predicted octanol–water partition coefficient (Wildman–Crippen LogP) is -0.0613. The first-order valence-corrected chi connectivity index (χ1v) is 4.05. The molecule has 0 aliphatic heterocycles. The summed E-state index contributed by atoms with van der Waals surface area (Å²) >= 11 is 0.790. The summed E-state index contributed by atoms with van der Waals surface area (Å²) in [6, 6.07) is -2.56. The second-order valence-corrected chi connectivity index (χ2v) is 2.38. The Labute approximate surface area is 73.6 Å². The third-order valence-corrected chi connectivity index (χ3v) is 1.19. The summed E-state index contributed by atoms with van der Waals surface area (Å²) in [5.41, 5.74) is -1.43. The highest BCUT2D eigenvalue weighted by molar-refractivity contribution is 7.98. The van der Waals surface area contributed by atoms with Crippen molar-refractivity contribution in [1.82, 2.24) is 5.31 Å². The van der Waals surface area contributed by atoms with Gasteiger partial charge in [0.2, 0.25) is 5.91 Å². The molecule has 0 aliphatic rings. The molecule has 4 nitrogen and oxygen atoms in total. The van der Waals surface area contributed by atoms with Gasteiger partial charge in [-0.15, -0.1) is 0 Å². The number of carboxylic acid groups (broad SMARTS) is 1. The van der Waals surface area contributed by atoms with E-state index in [1.807, 2.05) is 0 Å². The topological polar surface area (TPSA) is 66.4 Å². The average Bonchev–Trinajstić information content (AvgIpc) is 2.13. The number of aliphatic carboxylic acids is 1. The number of hydrogen-bond acceptors (Lipinski definition) is 3. The van der Waals surface area contributed by atoms with Gasteiger partial charge in [0.05, 0.1) is 1.37 Å². The van der Waals surface area contributed by atoms with E-state index in [1.54, 1.807) is 0 Å². The van der Waals surface area contributed by atoms with Crippen LogP contribution >= 0.6 is 11.8 Å². The molecule has 0 heterocycles. The van der Waals surface area contributed by atoms with Crippen molar-refractivity contribution >= 4 is 23.6 Å². The summed E-state index contributed by atoms with van der Waals surface area (Å²) in [5.74, 6) is -2.56. The number of hydrogen-bond donors (Lipinski definition) is 2. The van der Waals surface area contributed by atoms with Crippen molar-refractivity contribution < 1.29 is 18.8 Å². The highest BCUT2D eigenvalue weighted by atomic mass is 32.2. The molecule has 0 aromatic heterocycles. The molecule has 5 heteroatoms. The fourth-order valence-corrected chi connectivity index (χ4v) is 0.783. The Morgan fingerprint density at radius 1 is 2.00 bits per heavy atom. The molecule has 64 valence electrons. The molecule has 0 fully saturated rings. The molecule has 2 N–H and O–H groups in total. The van der Waals surface area contributed by atoms with Crippen LogP contribution in [0.3, 0.4) is 0 Å². The van der Waals surface area contributed by atoms with Gasteiger partial charge in [0, 0.05) is 14.0 Å². The number of nitrogens with one attached hydrogen (secondary N) is 1. The second-order valence-electron chi connectivity index (χ2n) is 1.67. The number of rotatable bonds is 4. The van der Waals surface area contributed by atoms with Crippen molar-refractivity contribution in [3.8, 4) is 0 Å². The summed E-state index contributed by atoms with van der Waals surface area (Å²) in [4.78, 5) is 21.5. The Balaban J connectivity index is 5.09. The number of thioether (sulfide) groups is 1. The molecule has 0 spiro atoms. The summed E-state index contributed by atoms with van der Waals surface area (Å²) in [5, 5.41) is 8.72. The van der Waals surface area contributed by atoms with Crippen molar-refractivity contribution in [3.63, 3.8) is 0 Å². The Morgan fingerprint density at radius 2 is 2.55 bits per heavy atom. The van der Waals surface area contributed by atoms with E-state index in [0.717, 1.165) is 18.7 Å². The van der Waals surface area contributed by atoms with E-state index in [1.165, 1.54) is 6.26 Å². The molecule has 0 saturated carbocycles. The van der Waals surface area contributed by atoms with E-state index >= 15 is 0 Å². The van der Waals surface area contributed by atoms with Crippen molar-refractivity contribution in [2.24, 2.45) is 0 Å². The van der Waals surface area contributed by atoms with Crippen molar-refractivity contribution in [3.05, 3.63) is 0 Å². The quantitative estimate of drug-likeness (QED) is 0.636. The summed E-state index contributed by atoms with van der Waals surface area (Å²) in [7, 11) is 0. The maximum absolute atomic E-state index is 10.8. The van der Waals surface area contributed by atoms with Crippen LogP contribution < -0.4 is 5.31 Å². The van der Waals surface area contributed by atoms with Crippen LogP contribution in [0.1, 0.15) is 9.67 Å². The number of carbonyl (C=O) groups excluding carboxylic acids is 1. The molecule has 0 aromatic carbocycles. The van der Waals surface area contributed by atoms with Crippen LogP contribution in [-0.4, -0.2) is 35.0 Å². The Bertz CT molecular complexity index is 252. The van der Waals surface area contributed by atoms with E-state index in [2.05, 4.69) is 0 Å². The molecule has 1 unspecified atom stereocenters. The molecule has 0 aliphatic carbocycles. The lowest BCUT2D eigenvalue weighted by Crippen LogP contribution is -2.41. The minimum absolute atomic E-state index is 0.00347. The third kappa shape index (κ3) is 4.66. The maximum atomic E-state index is 10.8. The average molecular weight is 180 g/mol. The van der Waals surface area contributed by atoms with Crippen LogP contribution in [0, 0.1) is 0 Å². The number of amides is 1. The smallest absolute Gasteiger partial charge is 0.327 e. The van der Waals surface area contributed by atoms with Crippen LogP contribution in [0.25, 0.3) is 0 Å². The highest BCUT2D eigenvalue weighted by Crippen LogP contribution is 1.96.